The Labute approximate surface area is 148 Å². The quantitative estimate of drug-likeness (QED) is 0.342. The molecule has 4 aromatic carbocycles. The fourth-order valence-electron chi connectivity index (χ4n) is 3.72. The van der Waals surface area contributed by atoms with E-state index in [4.69, 9.17) is 13.8 Å². The molecule has 0 radical (unpaired) electrons. The molecule has 6 rings (SSSR count). The number of hydrogen-bond donors (Lipinski definition) is 0. The smallest absolute Gasteiger partial charge is 0.227 e. The monoisotopic (exact) mass is 335 g/mol. The Morgan fingerprint density at radius 2 is 1.31 bits per heavy atom. The van der Waals surface area contributed by atoms with Gasteiger partial charge in [0.1, 0.15) is 16.7 Å². The third-order valence-electron chi connectivity index (χ3n) is 4.90. The predicted octanol–water partition coefficient (Wildman–Crippen LogP) is 6.55. The van der Waals surface area contributed by atoms with Gasteiger partial charge in [0.15, 0.2) is 5.58 Å². The molecule has 0 unspecified atom stereocenters. The van der Waals surface area contributed by atoms with E-state index in [0.717, 1.165) is 38.6 Å². The van der Waals surface area contributed by atoms with Crippen LogP contribution < -0.4 is 0 Å². The summed E-state index contributed by atoms with van der Waals surface area (Å²) in [5.41, 5.74) is 4.28. The van der Waals surface area contributed by atoms with Crippen molar-refractivity contribution in [2.75, 3.05) is 0 Å². The number of hydrogen-bond acceptors (Lipinski definition) is 3. The van der Waals surface area contributed by atoms with Gasteiger partial charge in [-0.1, -0.05) is 48.5 Å². The molecule has 0 atom stereocenters. The highest BCUT2D eigenvalue weighted by Gasteiger charge is 2.17. The van der Waals surface area contributed by atoms with Crippen LogP contribution in [0.15, 0.2) is 87.7 Å². The third-order valence-corrected chi connectivity index (χ3v) is 4.90. The molecule has 0 aliphatic rings. The molecule has 0 fully saturated rings. The maximum atomic E-state index is 6.10. The fraction of sp³-hybridized carbons (Fsp3) is 0. The average molecular weight is 335 g/mol. The first-order valence-corrected chi connectivity index (χ1v) is 8.57. The molecule has 0 saturated heterocycles. The maximum absolute atomic E-state index is 6.10. The molecule has 0 spiro atoms. The molecule has 0 aliphatic heterocycles. The molecule has 122 valence electrons. The lowest BCUT2D eigenvalue weighted by atomic mass is 10.0. The van der Waals surface area contributed by atoms with Gasteiger partial charge < -0.3 is 8.83 Å². The zero-order valence-corrected chi connectivity index (χ0v) is 13.8. The highest BCUT2D eigenvalue weighted by molar-refractivity contribution is 6.25. The van der Waals surface area contributed by atoms with E-state index in [1.807, 2.05) is 48.5 Å². The largest absolute Gasteiger partial charge is 0.456 e. The average Bonchev–Trinajstić information content (AvgIpc) is 3.29. The first-order valence-electron chi connectivity index (χ1n) is 8.57. The van der Waals surface area contributed by atoms with E-state index in [9.17, 15) is 0 Å². The number of aromatic nitrogens is 1. The summed E-state index contributed by atoms with van der Waals surface area (Å²) in [5.74, 6) is 0.627. The van der Waals surface area contributed by atoms with Crippen LogP contribution >= 0.6 is 0 Å². The number of furan rings is 1. The van der Waals surface area contributed by atoms with Crippen LogP contribution in [0.3, 0.4) is 0 Å². The van der Waals surface area contributed by atoms with Crippen LogP contribution in [-0.4, -0.2) is 4.98 Å². The minimum atomic E-state index is 0.627. The van der Waals surface area contributed by atoms with Crippen molar-refractivity contribution in [1.82, 2.24) is 4.98 Å². The van der Waals surface area contributed by atoms with E-state index in [1.54, 1.807) is 0 Å². The van der Waals surface area contributed by atoms with Gasteiger partial charge in [0.25, 0.3) is 0 Å². The summed E-state index contributed by atoms with van der Waals surface area (Å²) in [5, 5.41) is 4.46. The number of oxazole rings is 1. The van der Waals surface area contributed by atoms with Crippen molar-refractivity contribution in [2.45, 2.75) is 0 Å². The van der Waals surface area contributed by atoms with Gasteiger partial charge in [0, 0.05) is 10.9 Å². The van der Waals surface area contributed by atoms with Gasteiger partial charge in [-0.3, -0.25) is 0 Å². The second-order valence-electron chi connectivity index (χ2n) is 6.43. The van der Waals surface area contributed by atoms with E-state index in [0.29, 0.717) is 5.89 Å². The molecule has 0 aliphatic carbocycles. The lowest BCUT2D eigenvalue weighted by Crippen LogP contribution is -1.77. The number of rotatable bonds is 1. The second-order valence-corrected chi connectivity index (χ2v) is 6.43. The normalized spacial score (nSPS) is 11.8. The minimum absolute atomic E-state index is 0.627. The van der Waals surface area contributed by atoms with Gasteiger partial charge in [-0.05, 0) is 41.1 Å². The Balaban J connectivity index is 1.79. The van der Waals surface area contributed by atoms with Crippen molar-refractivity contribution in [3.8, 4) is 11.5 Å². The van der Waals surface area contributed by atoms with Crippen molar-refractivity contribution in [3.63, 3.8) is 0 Å². The van der Waals surface area contributed by atoms with Crippen LogP contribution in [0.1, 0.15) is 0 Å². The summed E-state index contributed by atoms with van der Waals surface area (Å²) in [6, 6.07) is 26.3. The van der Waals surface area contributed by atoms with Crippen molar-refractivity contribution < 1.29 is 8.83 Å². The van der Waals surface area contributed by atoms with E-state index in [1.165, 1.54) is 10.8 Å². The molecule has 0 amide bonds. The van der Waals surface area contributed by atoms with Crippen molar-refractivity contribution in [1.29, 1.82) is 0 Å². The van der Waals surface area contributed by atoms with Crippen LogP contribution in [0.5, 0.6) is 0 Å². The van der Waals surface area contributed by atoms with Gasteiger partial charge >= 0.3 is 0 Å². The molecule has 2 aromatic heterocycles. The SMILES string of the molecule is c1ccc(-c2nc3c(ccc4oc5ccc6ccccc6c5c43)o2)cc1. The van der Waals surface area contributed by atoms with Gasteiger partial charge in [0.2, 0.25) is 5.89 Å². The standard InChI is InChI=1S/C23H13NO2/c1-2-7-15(8-3-1)23-24-22-19(26-23)13-12-18-21(22)20-16-9-5-4-6-14(16)10-11-17(20)25-18/h1-13H. The molecule has 0 N–H and O–H groups in total. The van der Waals surface area contributed by atoms with Gasteiger partial charge in [-0.25, -0.2) is 4.98 Å². The summed E-state index contributed by atoms with van der Waals surface area (Å²) in [4.78, 5) is 4.81. The van der Waals surface area contributed by atoms with Crippen LogP contribution in [0, 0.1) is 0 Å². The zero-order chi connectivity index (χ0) is 17.1. The van der Waals surface area contributed by atoms with Crippen LogP contribution in [0.25, 0.3) is 55.3 Å². The van der Waals surface area contributed by atoms with Crippen LogP contribution in [-0.2, 0) is 0 Å². The molecule has 3 nitrogen and oxygen atoms in total. The number of nitrogens with zero attached hydrogens (tertiary/aromatic N) is 1. The Morgan fingerprint density at radius 3 is 2.23 bits per heavy atom. The Hall–Kier alpha value is -3.59. The fourth-order valence-corrected chi connectivity index (χ4v) is 3.72. The topological polar surface area (TPSA) is 39.2 Å². The molecule has 0 saturated carbocycles. The number of fused-ring (bicyclic) bond motifs is 7. The zero-order valence-electron chi connectivity index (χ0n) is 13.8. The lowest BCUT2D eigenvalue weighted by molar-refractivity contribution is 0.619. The molecule has 26 heavy (non-hydrogen) atoms. The van der Waals surface area contributed by atoms with E-state index < -0.39 is 0 Å². The Morgan fingerprint density at radius 1 is 0.577 bits per heavy atom. The van der Waals surface area contributed by atoms with Crippen molar-refractivity contribution in [3.05, 3.63) is 78.9 Å². The molecule has 6 aromatic rings. The van der Waals surface area contributed by atoms with Crippen LogP contribution in [0.4, 0.5) is 0 Å². The van der Waals surface area contributed by atoms with E-state index >= 15 is 0 Å². The maximum Gasteiger partial charge on any atom is 0.227 e. The third kappa shape index (κ3) is 1.80. The molecule has 0 bridgehead atoms. The van der Waals surface area contributed by atoms with Crippen LogP contribution in [0.2, 0.25) is 0 Å². The van der Waals surface area contributed by atoms with Gasteiger partial charge in [-0.15, -0.1) is 0 Å². The summed E-state index contributed by atoms with van der Waals surface area (Å²) < 4.78 is 12.1. The molecule has 3 heteroatoms. The molecular formula is C23H13NO2. The summed E-state index contributed by atoms with van der Waals surface area (Å²) in [6.07, 6.45) is 0. The summed E-state index contributed by atoms with van der Waals surface area (Å²) in [7, 11) is 0. The highest BCUT2D eigenvalue weighted by atomic mass is 16.4. The number of benzene rings is 4. The van der Waals surface area contributed by atoms with E-state index in [2.05, 4.69) is 30.3 Å². The van der Waals surface area contributed by atoms with E-state index in [-0.39, 0.29) is 0 Å². The molecule has 2 heterocycles. The van der Waals surface area contributed by atoms with Gasteiger partial charge in [-0.2, -0.15) is 0 Å². The highest BCUT2D eigenvalue weighted by Crippen LogP contribution is 2.39. The summed E-state index contributed by atoms with van der Waals surface area (Å²) in [6.45, 7) is 0. The first kappa shape index (κ1) is 13.7. The molecular weight excluding hydrogens is 322 g/mol. The second kappa shape index (κ2) is 4.96. The Bertz CT molecular complexity index is 1420. The first-order chi connectivity index (χ1) is 12.9. The summed E-state index contributed by atoms with van der Waals surface area (Å²) >= 11 is 0. The lowest BCUT2D eigenvalue weighted by Gasteiger charge is -1.98. The minimum Gasteiger partial charge on any atom is -0.456 e. The van der Waals surface area contributed by atoms with Crippen molar-refractivity contribution in [2.24, 2.45) is 0 Å². The predicted molar refractivity (Wildman–Crippen MR) is 104 cm³/mol. The van der Waals surface area contributed by atoms with Gasteiger partial charge in [0.05, 0.1) is 5.39 Å². The Kier molecular flexibility index (Phi) is 2.61. The van der Waals surface area contributed by atoms with Crippen molar-refractivity contribution >= 4 is 43.8 Å².